The van der Waals surface area contributed by atoms with Crippen LogP contribution in [0.3, 0.4) is 0 Å². The number of aliphatic hydroxyl groups is 3. The van der Waals surface area contributed by atoms with Crippen LogP contribution in [0.1, 0.15) is 264 Å². The van der Waals surface area contributed by atoms with Gasteiger partial charge in [-0.2, -0.15) is 19.6 Å². The van der Waals surface area contributed by atoms with Gasteiger partial charge in [-0.3, -0.25) is 0 Å². The molecule has 1 saturated heterocycles. The summed E-state index contributed by atoms with van der Waals surface area (Å²) in [7, 11) is -6.98. The second kappa shape index (κ2) is 28.7. The molecule has 10 aliphatic carbocycles. The van der Waals surface area contributed by atoms with Crippen molar-refractivity contribution >= 4 is 19.7 Å². The van der Waals surface area contributed by atoms with Crippen molar-refractivity contribution in [1.82, 2.24) is 0 Å². The van der Waals surface area contributed by atoms with E-state index in [1.54, 1.807) is 36.4 Å². The van der Waals surface area contributed by atoms with Crippen molar-refractivity contribution in [2.75, 3.05) is 12.4 Å². The van der Waals surface area contributed by atoms with Gasteiger partial charge in [-0.25, -0.2) is 16.8 Å². The second-order valence-corrected chi connectivity index (χ2v) is 40.0. The Morgan fingerprint density at radius 2 is 1.02 bits per heavy atom. The molecule has 0 amide bonds. The van der Waals surface area contributed by atoms with Crippen LogP contribution in [0.2, 0.25) is 0 Å². The molecule has 2 aromatic rings. The van der Waals surface area contributed by atoms with Crippen molar-refractivity contribution in [1.29, 1.82) is 0 Å². The monoisotopic (exact) mass is 1350 g/mol. The zero-order chi connectivity index (χ0) is 67.9. The fraction of sp³-hybridized carbons (Fsp3) is 0.790. The van der Waals surface area contributed by atoms with Crippen LogP contribution in [0.15, 0.2) is 93.8 Å². The molecule has 532 valence electrons. The van der Waals surface area contributed by atoms with Crippen molar-refractivity contribution in [3.8, 4) is 0 Å². The van der Waals surface area contributed by atoms with Crippen LogP contribution in [0, 0.1) is 98.6 Å². The molecular formula is C81H126F3LiO8S2. The molecule has 1 spiro atoms. The molecule has 1 aliphatic heterocycles. The summed E-state index contributed by atoms with van der Waals surface area (Å²) in [5.41, 5.74) is -0.706. The maximum atomic E-state index is 14.5. The number of halogens is 3. The number of rotatable bonds is 11. The van der Waals surface area contributed by atoms with E-state index in [9.17, 15) is 45.3 Å². The Bertz CT molecular complexity index is 3180. The quantitative estimate of drug-likeness (QED) is 0.0874. The van der Waals surface area contributed by atoms with Gasteiger partial charge in [-0.1, -0.05) is 150 Å². The minimum Gasteiger partial charge on any atom is -0.390 e. The molecule has 8 saturated carbocycles. The van der Waals surface area contributed by atoms with Crippen LogP contribution >= 0.6 is 0 Å². The number of benzene rings is 2. The summed E-state index contributed by atoms with van der Waals surface area (Å²) in [4.78, 5) is 0.787. The van der Waals surface area contributed by atoms with Gasteiger partial charge in [-0.15, -0.1) is 0 Å². The number of ether oxygens (including phenoxy) is 1. The summed E-state index contributed by atoms with van der Waals surface area (Å²) in [5.74, 6) is 4.04. The molecule has 0 radical (unpaired) electrons. The Labute approximate surface area is 587 Å². The molecule has 0 aromatic heterocycles. The zero-order valence-corrected chi connectivity index (χ0v) is 62.0. The van der Waals surface area contributed by atoms with Gasteiger partial charge in [0.2, 0.25) is 0 Å². The van der Waals surface area contributed by atoms with Crippen LogP contribution in [-0.2, 0) is 24.4 Å². The van der Waals surface area contributed by atoms with Gasteiger partial charge in [0.05, 0.1) is 44.2 Å². The molecule has 3 N–H and O–H groups in total. The van der Waals surface area contributed by atoms with Crippen LogP contribution in [0.5, 0.6) is 0 Å². The summed E-state index contributed by atoms with van der Waals surface area (Å²) < 4.78 is 102. The van der Waals surface area contributed by atoms with Gasteiger partial charge in [-0.05, 0) is 277 Å². The third kappa shape index (κ3) is 15.8. The Kier molecular flexibility index (Phi) is 23.8. The summed E-state index contributed by atoms with van der Waals surface area (Å²) in [6.07, 6.45) is 23.8. The Hall–Kier alpha value is -1.95. The standard InChI is InChI=1S/C38H55F3O4S.C29H42O3S.C9H16O.C4H9.CH4.Li/c1-25(32(46(44,45)27-9-7-6-8-10-27)24-36(42)20-17-33(2,3)18-21-36)29-13-14-30-28-12-11-26-23-37(43,38(39,40)41)22-19-34(26,4)31(28)15-16-35(29,30)5;1-20(19-33(31,32)22-8-6-5-7-9-22)24-12-13-25-23-11-10-21-18-27(2,30)16-17-28(21,3)26(23)14-15-29(24,25)4;1-8(2)3-5-9(6-4-8)7-10-9;1-3-4-2;;/h6-11,25,28-32,42-43H,12-24H2,1-5H3;5-10,20,23-26,30H,11-19H2,1-4H3;3-7H2,1-2H3;1,3-4H2,2H3;1H4;/q;;;-1;;+1/t25-,28-,29+,30-,31-,32?,34-,35+,37-;20-,23+,24-,25+,26+,27+,28+,29-;;;;/m01..../s1. The van der Waals surface area contributed by atoms with Gasteiger partial charge in [0, 0.05) is 6.42 Å². The summed E-state index contributed by atoms with van der Waals surface area (Å²) >= 11 is 0. The SMILES string of the molecule is C.CC1(C)CCC2(CC1)CO2.C[C@H](C(CC1(O)CCC(C)(C)CC1)S(=O)(=O)c1ccccc1)[C@H]1CC[C@H]2[C@@H]3CC=C4C[C@](O)(C(F)(F)F)CC[C@]4(C)[C@H]3CC[C@]12C.C[C@H](CS(=O)(=O)c1ccccc1)[C@H]1CC[C@H]2[C@@H]3CC=C4C[C@@](C)(O)CC[C@]4(C)[C@H]3CC[C@]12C.[CH2-]CCC.[Li+]. The third-order valence-corrected chi connectivity index (χ3v) is 33.0. The van der Waals surface area contributed by atoms with Crippen LogP contribution < -0.4 is 18.9 Å². The first kappa shape index (κ1) is 78.8. The first-order valence-corrected chi connectivity index (χ1v) is 40.1. The van der Waals surface area contributed by atoms with Crippen molar-refractivity contribution < 1.29 is 68.9 Å². The smallest absolute Gasteiger partial charge is 0.390 e. The number of alkyl halides is 3. The van der Waals surface area contributed by atoms with Crippen LogP contribution in [0.25, 0.3) is 0 Å². The number of hydrogen-bond donors (Lipinski definition) is 3. The number of allylic oxidation sites excluding steroid dienone is 2. The number of hydrogen-bond acceptors (Lipinski definition) is 8. The van der Waals surface area contributed by atoms with Gasteiger partial charge in [0.15, 0.2) is 25.3 Å². The molecule has 9 fully saturated rings. The van der Waals surface area contributed by atoms with Crippen molar-refractivity contribution in [2.24, 2.45) is 91.7 Å². The third-order valence-electron chi connectivity index (χ3n) is 28.7. The minimum absolute atomic E-state index is 0. The van der Waals surface area contributed by atoms with Gasteiger partial charge >= 0.3 is 25.0 Å². The molecule has 1 heterocycles. The Balaban J connectivity index is 0.000000204. The van der Waals surface area contributed by atoms with E-state index in [0.29, 0.717) is 75.6 Å². The predicted molar refractivity (Wildman–Crippen MR) is 376 cm³/mol. The van der Waals surface area contributed by atoms with E-state index in [-0.39, 0.29) is 102 Å². The average molecular weight is 1360 g/mol. The summed E-state index contributed by atoms with van der Waals surface area (Å²) in [6.45, 7) is 31.7. The fourth-order valence-corrected chi connectivity index (χ4v) is 26.0. The maximum absolute atomic E-state index is 14.5. The van der Waals surface area contributed by atoms with Crippen molar-refractivity contribution in [2.45, 2.75) is 307 Å². The van der Waals surface area contributed by atoms with Gasteiger partial charge in [0.1, 0.15) is 0 Å². The molecule has 2 aromatic carbocycles. The molecule has 17 atom stereocenters. The van der Waals surface area contributed by atoms with Crippen LogP contribution in [0.4, 0.5) is 13.2 Å². The van der Waals surface area contributed by atoms with Gasteiger partial charge in [0.25, 0.3) is 0 Å². The van der Waals surface area contributed by atoms with E-state index in [2.05, 4.69) is 89.2 Å². The Morgan fingerprint density at radius 3 is 1.49 bits per heavy atom. The molecule has 14 heteroatoms. The second-order valence-electron chi connectivity index (χ2n) is 35.8. The zero-order valence-electron chi connectivity index (χ0n) is 60.3. The van der Waals surface area contributed by atoms with E-state index in [1.165, 1.54) is 56.9 Å². The molecule has 13 rings (SSSR count). The van der Waals surface area contributed by atoms with E-state index < -0.39 is 47.9 Å². The van der Waals surface area contributed by atoms with E-state index >= 15 is 0 Å². The molecular weight excluding hydrogens is 1230 g/mol. The largest absolute Gasteiger partial charge is 1.00 e. The van der Waals surface area contributed by atoms with E-state index in [4.69, 9.17) is 4.74 Å². The normalized spacial score (nSPS) is 38.6. The summed E-state index contributed by atoms with van der Waals surface area (Å²) in [6, 6.07) is 17.7. The number of fused-ring (bicyclic) bond motifs is 10. The van der Waals surface area contributed by atoms with E-state index in [0.717, 1.165) is 95.7 Å². The summed E-state index contributed by atoms with van der Waals surface area (Å²) in [5, 5.41) is 32.5. The maximum Gasteiger partial charge on any atom is 1.00 e. The average Bonchev–Trinajstić information content (AvgIpc) is 1.66. The molecule has 95 heavy (non-hydrogen) atoms. The number of unbranched alkanes of at least 4 members (excludes halogenated alkanes) is 1. The number of epoxide rings is 1. The fourth-order valence-electron chi connectivity index (χ4n) is 22.1. The molecule has 8 nitrogen and oxygen atoms in total. The van der Waals surface area contributed by atoms with Gasteiger partial charge < -0.3 is 27.0 Å². The first-order valence-electron chi connectivity index (χ1n) is 36.9. The van der Waals surface area contributed by atoms with E-state index in [1.807, 2.05) is 37.3 Å². The molecule has 11 aliphatic rings. The van der Waals surface area contributed by atoms with Crippen LogP contribution in [-0.4, -0.2) is 78.3 Å². The van der Waals surface area contributed by atoms with Crippen molar-refractivity contribution in [3.05, 3.63) is 90.9 Å². The first-order chi connectivity index (χ1) is 43.2. The minimum atomic E-state index is -4.64. The predicted octanol–water partition coefficient (Wildman–Crippen LogP) is 17.1. The topological polar surface area (TPSA) is 142 Å². The van der Waals surface area contributed by atoms with Crippen molar-refractivity contribution in [3.63, 3.8) is 0 Å². The Morgan fingerprint density at radius 1 is 0.579 bits per heavy atom. The molecule has 0 bridgehead atoms. The molecule has 1 unspecified atom stereocenters. The number of sulfone groups is 2.